The van der Waals surface area contributed by atoms with E-state index in [0.717, 1.165) is 12.1 Å². The second-order valence-corrected chi connectivity index (χ2v) is 10.4. The molecule has 0 spiro atoms. The van der Waals surface area contributed by atoms with Crippen LogP contribution in [0.1, 0.15) is 41.0 Å². The first kappa shape index (κ1) is 21.5. The molecule has 6 nitrogen and oxygen atoms in total. The number of benzene rings is 1. The van der Waals surface area contributed by atoms with Crippen LogP contribution in [-0.2, 0) is 14.6 Å². The summed E-state index contributed by atoms with van der Waals surface area (Å²) in [6.07, 6.45) is 1.88. The zero-order chi connectivity index (χ0) is 20.4. The van der Waals surface area contributed by atoms with Gasteiger partial charge in [-0.05, 0) is 44.9 Å². The van der Waals surface area contributed by atoms with E-state index < -0.39 is 15.4 Å². The van der Waals surface area contributed by atoms with Crippen LogP contribution in [0.15, 0.2) is 29.2 Å². The van der Waals surface area contributed by atoms with Crippen LogP contribution in [0.4, 0.5) is 10.5 Å². The fourth-order valence-corrected chi connectivity index (χ4v) is 3.92. The highest BCUT2D eigenvalue weighted by Crippen LogP contribution is 2.27. The van der Waals surface area contributed by atoms with Gasteiger partial charge in [-0.2, -0.15) is 0 Å². The Bertz CT molecular complexity index is 770. The fourth-order valence-electron chi connectivity index (χ4n) is 3.26. The molecule has 1 aromatic carbocycles. The third-order valence-electron chi connectivity index (χ3n) is 4.96. The summed E-state index contributed by atoms with van der Waals surface area (Å²) < 4.78 is 29.3. The van der Waals surface area contributed by atoms with Gasteiger partial charge in [0.25, 0.3) is 0 Å². The number of sulfone groups is 1. The summed E-state index contributed by atoms with van der Waals surface area (Å²) in [6.45, 7) is 11.7. The van der Waals surface area contributed by atoms with Crippen molar-refractivity contribution in [1.82, 2.24) is 4.90 Å². The Kier molecular flexibility index (Phi) is 6.45. The third kappa shape index (κ3) is 5.61. The van der Waals surface area contributed by atoms with Crippen LogP contribution in [0, 0.1) is 5.92 Å². The lowest BCUT2D eigenvalue weighted by Crippen LogP contribution is -2.58. The molecular formula is C20H32N2O4S. The van der Waals surface area contributed by atoms with Gasteiger partial charge in [0.05, 0.1) is 10.9 Å². The van der Waals surface area contributed by atoms with Crippen molar-refractivity contribution in [3.8, 4) is 0 Å². The van der Waals surface area contributed by atoms with Gasteiger partial charge in [0.15, 0.2) is 9.84 Å². The van der Waals surface area contributed by atoms with Gasteiger partial charge >= 0.3 is 6.09 Å². The van der Waals surface area contributed by atoms with Crippen molar-refractivity contribution in [2.24, 2.45) is 5.92 Å². The molecule has 27 heavy (non-hydrogen) atoms. The number of nitrogens with zero attached hydrogens (tertiary/aromatic N) is 2. The first-order chi connectivity index (χ1) is 12.4. The quantitative estimate of drug-likeness (QED) is 0.778. The van der Waals surface area contributed by atoms with Crippen LogP contribution in [0.5, 0.6) is 0 Å². The Morgan fingerprint density at radius 1 is 1.30 bits per heavy atom. The molecule has 1 fully saturated rings. The number of amides is 1. The summed E-state index contributed by atoms with van der Waals surface area (Å²) in [5.41, 5.74) is 0.341. The molecule has 0 radical (unpaired) electrons. The summed E-state index contributed by atoms with van der Waals surface area (Å²) in [5, 5.41) is 0. The van der Waals surface area contributed by atoms with E-state index in [2.05, 4.69) is 18.7 Å². The van der Waals surface area contributed by atoms with E-state index in [0.29, 0.717) is 30.4 Å². The van der Waals surface area contributed by atoms with Gasteiger partial charge in [-0.3, -0.25) is 0 Å². The standard InChI is InChI=1S/C20H32N2O4S/c1-7-15(2)18-14-21(11-12-22(18)19(23)26-20(3,4)5)16-9-8-10-17(13-16)27(6,24)25/h8-10,13,15,18H,7,11-12,14H2,1-6H3/t15?,18-/m1/s1. The molecule has 1 saturated heterocycles. The van der Waals surface area contributed by atoms with Crippen molar-refractivity contribution in [3.05, 3.63) is 24.3 Å². The van der Waals surface area contributed by atoms with Gasteiger partial charge in [0, 0.05) is 31.6 Å². The molecule has 2 rings (SSSR count). The highest BCUT2D eigenvalue weighted by Gasteiger charge is 2.36. The number of carbonyl (C=O) groups excluding carboxylic acids is 1. The van der Waals surface area contributed by atoms with E-state index in [1.54, 1.807) is 18.2 Å². The molecule has 1 amide bonds. The fraction of sp³-hybridized carbons (Fsp3) is 0.650. The number of hydrogen-bond acceptors (Lipinski definition) is 5. The Labute approximate surface area is 163 Å². The number of ether oxygens (including phenoxy) is 1. The smallest absolute Gasteiger partial charge is 0.410 e. The number of hydrogen-bond donors (Lipinski definition) is 0. The number of anilines is 1. The van der Waals surface area contributed by atoms with Crippen LogP contribution in [0.3, 0.4) is 0 Å². The number of rotatable bonds is 4. The molecule has 152 valence electrons. The molecule has 1 heterocycles. The highest BCUT2D eigenvalue weighted by atomic mass is 32.2. The minimum Gasteiger partial charge on any atom is -0.444 e. The molecule has 0 aromatic heterocycles. The maximum Gasteiger partial charge on any atom is 0.410 e. The van der Waals surface area contributed by atoms with Crippen molar-refractivity contribution in [1.29, 1.82) is 0 Å². The second-order valence-electron chi connectivity index (χ2n) is 8.34. The molecule has 7 heteroatoms. The molecule has 1 unspecified atom stereocenters. The molecule has 1 aliphatic rings. The lowest BCUT2D eigenvalue weighted by Gasteiger charge is -2.45. The lowest BCUT2D eigenvalue weighted by molar-refractivity contribution is 0.00765. The van der Waals surface area contributed by atoms with Crippen LogP contribution in [-0.4, -0.2) is 56.9 Å². The van der Waals surface area contributed by atoms with E-state index in [4.69, 9.17) is 4.74 Å². The SMILES string of the molecule is CCC(C)[C@H]1CN(c2cccc(S(C)(=O)=O)c2)CCN1C(=O)OC(C)(C)C. The van der Waals surface area contributed by atoms with Gasteiger partial charge < -0.3 is 14.5 Å². The molecule has 2 atom stereocenters. The van der Waals surface area contributed by atoms with Crippen molar-refractivity contribution in [3.63, 3.8) is 0 Å². The van der Waals surface area contributed by atoms with E-state index in [9.17, 15) is 13.2 Å². The second kappa shape index (κ2) is 8.09. The zero-order valence-corrected chi connectivity index (χ0v) is 18.0. The Balaban J connectivity index is 2.25. The van der Waals surface area contributed by atoms with Crippen LogP contribution < -0.4 is 4.90 Å². The summed E-state index contributed by atoms with van der Waals surface area (Å²) >= 11 is 0. The first-order valence-electron chi connectivity index (χ1n) is 9.47. The van der Waals surface area contributed by atoms with E-state index in [1.807, 2.05) is 31.7 Å². The number of piperazine rings is 1. The van der Waals surface area contributed by atoms with Crippen molar-refractivity contribution < 1.29 is 17.9 Å². The molecule has 0 aliphatic carbocycles. The minimum atomic E-state index is -3.25. The highest BCUT2D eigenvalue weighted by molar-refractivity contribution is 7.90. The lowest BCUT2D eigenvalue weighted by atomic mass is 9.95. The normalized spacial score (nSPS) is 19.7. The topological polar surface area (TPSA) is 66.9 Å². The van der Waals surface area contributed by atoms with E-state index in [1.165, 1.54) is 6.26 Å². The predicted octanol–water partition coefficient (Wildman–Crippen LogP) is 3.56. The summed E-state index contributed by atoms with van der Waals surface area (Å²) in [7, 11) is -3.25. The van der Waals surface area contributed by atoms with E-state index in [-0.39, 0.29) is 12.1 Å². The Hall–Kier alpha value is -1.76. The average Bonchev–Trinajstić information content (AvgIpc) is 2.58. The van der Waals surface area contributed by atoms with Crippen LogP contribution >= 0.6 is 0 Å². The Morgan fingerprint density at radius 2 is 1.96 bits per heavy atom. The first-order valence-corrected chi connectivity index (χ1v) is 11.4. The van der Waals surface area contributed by atoms with Gasteiger partial charge in [-0.1, -0.05) is 26.3 Å². The molecule has 1 aliphatic heterocycles. The summed E-state index contributed by atoms with van der Waals surface area (Å²) in [4.78, 5) is 17.0. The van der Waals surface area contributed by atoms with Gasteiger partial charge in [0.2, 0.25) is 0 Å². The van der Waals surface area contributed by atoms with Crippen LogP contribution in [0.2, 0.25) is 0 Å². The molecule has 1 aromatic rings. The molecule has 0 N–H and O–H groups in total. The predicted molar refractivity (Wildman–Crippen MR) is 108 cm³/mol. The Morgan fingerprint density at radius 3 is 2.52 bits per heavy atom. The molecule has 0 bridgehead atoms. The zero-order valence-electron chi connectivity index (χ0n) is 17.2. The van der Waals surface area contributed by atoms with Gasteiger partial charge in [-0.15, -0.1) is 0 Å². The van der Waals surface area contributed by atoms with E-state index >= 15 is 0 Å². The van der Waals surface area contributed by atoms with Gasteiger partial charge in [0.1, 0.15) is 5.60 Å². The van der Waals surface area contributed by atoms with Crippen molar-refractivity contribution in [2.75, 3.05) is 30.8 Å². The van der Waals surface area contributed by atoms with Crippen molar-refractivity contribution >= 4 is 21.6 Å². The summed E-state index contributed by atoms with van der Waals surface area (Å²) in [6, 6.07) is 7.03. The van der Waals surface area contributed by atoms with Crippen LogP contribution in [0.25, 0.3) is 0 Å². The summed E-state index contributed by atoms with van der Waals surface area (Å²) in [5.74, 6) is 0.304. The monoisotopic (exact) mass is 396 g/mol. The molecular weight excluding hydrogens is 364 g/mol. The average molecular weight is 397 g/mol. The maximum absolute atomic E-state index is 12.7. The number of carbonyl (C=O) groups is 1. The maximum atomic E-state index is 12.7. The third-order valence-corrected chi connectivity index (χ3v) is 6.07. The van der Waals surface area contributed by atoms with Gasteiger partial charge in [-0.25, -0.2) is 13.2 Å². The minimum absolute atomic E-state index is 0.0143. The largest absolute Gasteiger partial charge is 0.444 e. The molecule has 0 saturated carbocycles. The van der Waals surface area contributed by atoms with Crippen molar-refractivity contribution in [2.45, 2.75) is 57.6 Å².